The van der Waals surface area contributed by atoms with E-state index in [0.717, 1.165) is 17.5 Å². The molecule has 0 saturated carbocycles. The number of hydrogen-bond acceptors (Lipinski definition) is 4. The van der Waals surface area contributed by atoms with Gasteiger partial charge in [-0.25, -0.2) is 8.78 Å². The molecule has 0 bridgehead atoms. The summed E-state index contributed by atoms with van der Waals surface area (Å²) in [7, 11) is 0. The average molecular weight is 475 g/mol. The summed E-state index contributed by atoms with van der Waals surface area (Å²) in [6.07, 6.45) is 3.61. The number of para-hydroxylation sites is 1. The molecule has 0 atom stereocenters. The van der Waals surface area contributed by atoms with E-state index in [0.29, 0.717) is 33.8 Å². The molecule has 4 nitrogen and oxygen atoms in total. The summed E-state index contributed by atoms with van der Waals surface area (Å²) in [5.74, 6) is -1.10. The summed E-state index contributed by atoms with van der Waals surface area (Å²) in [5, 5.41) is 9.34. The van der Waals surface area contributed by atoms with Crippen LogP contribution in [0.4, 0.5) is 14.5 Å². The van der Waals surface area contributed by atoms with E-state index in [1.165, 1.54) is 6.07 Å². The second-order valence-electron chi connectivity index (χ2n) is 10.7. The highest BCUT2D eigenvalue weighted by atomic mass is 19.1. The van der Waals surface area contributed by atoms with Crippen LogP contribution in [0.25, 0.3) is 16.7 Å². The molecule has 6 heteroatoms. The lowest BCUT2D eigenvalue weighted by molar-refractivity contribution is -0.114. The molecule has 0 N–H and O–H groups in total. The number of halogens is 2. The van der Waals surface area contributed by atoms with Crippen molar-refractivity contribution in [2.24, 2.45) is 21.1 Å². The molecule has 1 heterocycles. The minimum Gasteiger partial charge on any atom is -0.454 e. The number of Topliss-reactive ketones (excluding diaryl/α,β-unsaturated/α-hetero) is 1. The molecule has 0 fully saturated rings. The lowest BCUT2D eigenvalue weighted by Gasteiger charge is -2.31. The third-order valence-electron chi connectivity index (χ3n) is 5.80. The molecule has 1 aromatic heterocycles. The minimum atomic E-state index is -0.821. The number of hydrogen-bond donors (Lipinski definition) is 0. The van der Waals surface area contributed by atoms with Crippen LogP contribution >= 0.6 is 0 Å². The monoisotopic (exact) mass is 474 g/mol. The summed E-state index contributed by atoms with van der Waals surface area (Å²) in [6.45, 7) is 11.9. The molecule has 0 radical (unpaired) electrons. The van der Waals surface area contributed by atoms with Gasteiger partial charge < -0.3 is 4.42 Å². The highest BCUT2D eigenvalue weighted by Crippen LogP contribution is 2.41. The quantitative estimate of drug-likeness (QED) is 0.356. The lowest BCUT2D eigenvalue weighted by atomic mass is 9.71. The highest BCUT2D eigenvalue weighted by molar-refractivity contribution is 6.12. The van der Waals surface area contributed by atoms with Crippen LogP contribution in [0.5, 0.6) is 0 Å². The van der Waals surface area contributed by atoms with Crippen LogP contribution in [0.15, 0.2) is 92.0 Å². The largest absolute Gasteiger partial charge is 0.454 e. The third-order valence-corrected chi connectivity index (χ3v) is 5.80. The Bertz CT molecular complexity index is 1370. The second-order valence-corrected chi connectivity index (χ2v) is 10.7. The topological polar surface area (TPSA) is 54.9 Å². The Kier molecular flexibility index (Phi) is 6.18. The molecule has 1 aliphatic carbocycles. The summed E-state index contributed by atoms with van der Waals surface area (Å²) < 4.78 is 33.8. The molecule has 4 rings (SSSR count). The average Bonchev–Trinajstić information content (AvgIpc) is 3.18. The standard InChI is InChI=1S/C29H28F2N2O2/c1-28(2,3)20-13-18(14-21(27(20)34)29(4,5)6)26(25-15-17-9-7-8-10-24(17)35-25)33-32-23-12-11-19(30)16-22(23)31/h7-16H,1-6H3. The van der Waals surface area contributed by atoms with E-state index in [9.17, 15) is 13.6 Å². The first kappa shape index (κ1) is 24.5. The van der Waals surface area contributed by atoms with Crippen molar-refractivity contribution in [2.45, 2.75) is 41.5 Å². The highest BCUT2D eigenvalue weighted by Gasteiger charge is 2.35. The van der Waals surface area contributed by atoms with Crippen molar-refractivity contribution in [3.8, 4) is 0 Å². The van der Waals surface area contributed by atoms with E-state index >= 15 is 0 Å². The van der Waals surface area contributed by atoms with Gasteiger partial charge in [0.25, 0.3) is 0 Å². The second kappa shape index (κ2) is 8.84. The number of allylic oxidation sites excluding steroid dienone is 5. The van der Waals surface area contributed by atoms with Crippen LogP contribution in [-0.4, -0.2) is 5.78 Å². The van der Waals surface area contributed by atoms with Crippen molar-refractivity contribution in [3.63, 3.8) is 0 Å². The first-order chi connectivity index (χ1) is 16.3. The number of rotatable bonds is 3. The van der Waals surface area contributed by atoms with Gasteiger partial charge in [-0.15, -0.1) is 10.2 Å². The van der Waals surface area contributed by atoms with Crippen molar-refractivity contribution in [1.29, 1.82) is 0 Å². The number of carbonyl (C=O) groups excluding carboxylic acids is 1. The zero-order valence-electron chi connectivity index (χ0n) is 20.7. The van der Waals surface area contributed by atoms with Gasteiger partial charge in [0.1, 0.15) is 22.8 Å². The fraction of sp³-hybridized carbons (Fsp3) is 0.276. The summed E-state index contributed by atoms with van der Waals surface area (Å²) in [4.78, 5) is 13.4. The van der Waals surface area contributed by atoms with Gasteiger partial charge in [0.15, 0.2) is 17.4 Å². The van der Waals surface area contributed by atoms with Crippen molar-refractivity contribution < 1.29 is 18.0 Å². The van der Waals surface area contributed by atoms with Crippen LogP contribution in [-0.2, 0) is 4.79 Å². The third kappa shape index (κ3) is 5.06. The van der Waals surface area contributed by atoms with Crippen LogP contribution in [0.2, 0.25) is 0 Å². The Morgan fingerprint density at radius 2 is 1.49 bits per heavy atom. The minimum absolute atomic E-state index is 0.0146. The molecule has 35 heavy (non-hydrogen) atoms. The first-order valence-corrected chi connectivity index (χ1v) is 11.4. The van der Waals surface area contributed by atoms with Gasteiger partial charge in [0, 0.05) is 28.2 Å². The van der Waals surface area contributed by atoms with E-state index in [-0.39, 0.29) is 11.5 Å². The van der Waals surface area contributed by atoms with Crippen LogP contribution in [0, 0.1) is 22.5 Å². The molecular formula is C29H28F2N2O2. The van der Waals surface area contributed by atoms with E-state index in [1.807, 2.05) is 71.9 Å². The van der Waals surface area contributed by atoms with Gasteiger partial charge >= 0.3 is 0 Å². The summed E-state index contributed by atoms with van der Waals surface area (Å²) in [6, 6.07) is 12.5. The molecule has 0 spiro atoms. The smallest absolute Gasteiger partial charge is 0.186 e. The molecule has 2 aromatic carbocycles. The predicted octanol–water partition coefficient (Wildman–Crippen LogP) is 8.73. The number of benzene rings is 2. The Balaban J connectivity index is 2.00. The van der Waals surface area contributed by atoms with Gasteiger partial charge in [0.05, 0.1) is 0 Å². The van der Waals surface area contributed by atoms with Crippen LogP contribution in [0.1, 0.15) is 47.3 Å². The molecule has 0 amide bonds. The van der Waals surface area contributed by atoms with Crippen LogP contribution < -0.4 is 0 Å². The van der Waals surface area contributed by atoms with Crippen molar-refractivity contribution in [1.82, 2.24) is 0 Å². The van der Waals surface area contributed by atoms with Gasteiger partial charge in [0.2, 0.25) is 0 Å². The number of furan rings is 1. The zero-order chi connectivity index (χ0) is 25.5. The van der Waals surface area contributed by atoms with E-state index in [1.54, 1.807) is 12.2 Å². The fourth-order valence-electron chi connectivity index (χ4n) is 3.89. The maximum Gasteiger partial charge on any atom is 0.186 e. The van der Waals surface area contributed by atoms with Crippen molar-refractivity contribution in [3.05, 3.63) is 94.8 Å². The van der Waals surface area contributed by atoms with Gasteiger partial charge in [-0.1, -0.05) is 59.7 Å². The van der Waals surface area contributed by atoms with Gasteiger partial charge in [-0.2, -0.15) is 0 Å². The Hall–Kier alpha value is -3.67. The molecule has 0 aliphatic heterocycles. The van der Waals surface area contributed by atoms with Gasteiger partial charge in [-0.05, 0) is 47.2 Å². The molecular weight excluding hydrogens is 446 g/mol. The number of nitrogens with zero attached hydrogens (tertiary/aromatic N) is 2. The maximum atomic E-state index is 14.3. The fourth-order valence-corrected chi connectivity index (χ4v) is 3.89. The number of carbonyl (C=O) groups is 1. The number of fused-ring (bicyclic) bond motifs is 1. The van der Waals surface area contributed by atoms with E-state index in [2.05, 4.69) is 10.2 Å². The lowest BCUT2D eigenvalue weighted by Crippen LogP contribution is -2.28. The van der Waals surface area contributed by atoms with Crippen molar-refractivity contribution in [2.75, 3.05) is 0 Å². The Morgan fingerprint density at radius 1 is 0.857 bits per heavy atom. The molecule has 0 unspecified atom stereocenters. The SMILES string of the molecule is CC(C)(C)C1=CC(=C(N=Nc2ccc(F)cc2F)c2cc3ccccc3o2)C=C(C(C)(C)C)C1=O. The number of azo groups is 1. The van der Waals surface area contributed by atoms with Gasteiger partial charge in [-0.3, -0.25) is 4.79 Å². The van der Waals surface area contributed by atoms with Crippen LogP contribution in [0.3, 0.4) is 0 Å². The Morgan fingerprint density at radius 3 is 2.06 bits per heavy atom. The molecule has 0 saturated heterocycles. The number of ketones is 1. The first-order valence-electron chi connectivity index (χ1n) is 11.4. The molecule has 3 aromatic rings. The Labute approximate surface area is 203 Å². The zero-order valence-corrected chi connectivity index (χ0v) is 20.7. The molecule has 180 valence electrons. The van der Waals surface area contributed by atoms with Crippen molar-refractivity contribution >= 4 is 28.1 Å². The summed E-state index contributed by atoms with van der Waals surface area (Å²) in [5.41, 5.74) is 1.96. The predicted molar refractivity (Wildman–Crippen MR) is 134 cm³/mol. The van der Waals surface area contributed by atoms with E-state index < -0.39 is 22.5 Å². The molecule has 1 aliphatic rings. The normalized spacial score (nSPS) is 15.1. The summed E-state index contributed by atoms with van der Waals surface area (Å²) >= 11 is 0. The maximum absolute atomic E-state index is 14.3. The van der Waals surface area contributed by atoms with E-state index in [4.69, 9.17) is 4.42 Å².